The van der Waals surface area contributed by atoms with E-state index in [0.29, 0.717) is 43.0 Å². The topological polar surface area (TPSA) is 73.4 Å². The first-order valence-corrected chi connectivity index (χ1v) is 8.29. The molecule has 6 nitrogen and oxygen atoms in total. The third-order valence-corrected chi connectivity index (χ3v) is 4.28. The Kier molecular flexibility index (Phi) is 5.05. The van der Waals surface area contributed by atoms with Gasteiger partial charge in [0.05, 0.1) is 0 Å². The maximum absolute atomic E-state index is 11.4. The number of benzene rings is 1. The Morgan fingerprint density at radius 1 is 1.24 bits per heavy atom. The zero-order valence-electron chi connectivity index (χ0n) is 13.8. The molecule has 2 heterocycles. The van der Waals surface area contributed by atoms with Crippen LogP contribution in [0.1, 0.15) is 24.1 Å². The number of carbonyl (C=O) groups is 1. The molecule has 0 unspecified atom stereocenters. The molecule has 1 amide bonds. The van der Waals surface area contributed by atoms with Crippen molar-refractivity contribution >= 4 is 35.5 Å². The van der Waals surface area contributed by atoms with Gasteiger partial charge in [-0.1, -0.05) is 23.7 Å². The number of aromatic nitrogens is 1. The Balaban J connectivity index is 1.75. The van der Waals surface area contributed by atoms with Gasteiger partial charge in [0, 0.05) is 44.2 Å². The predicted octanol–water partition coefficient (Wildman–Crippen LogP) is 3.04. The number of anilines is 1. The quantitative estimate of drug-likeness (QED) is 0.845. The fraction of sp³-hybridized carbons (Fsp3) is 0.278. The van der Waals surface area contributed by atoms with E-state index in [2.05, 4.69) is 11.1 Å². The van der Waals surface area contributed by atoms with Gasteiger partial charge in [-0.15, -0.1) is 0 Å². The summed E-state index contributed by atoms with van der Waals surface area (Å²) in [5, 5.41) is 9.99. The van der Waals surface area contributed by atoms with Crippen molar-refractivity contribution in [1.82, 2.24) is 9.88 Å². The van der Waals surface area contributed by atoms with Crippen molar-refractivity contribution in [2.75, 3.05) is 31.1 Å². The monoisotopic (exact) mass is 356 g/mol. The number of nitriles is 1. The molecule has 7 heteroatoms. The molecule has 1 aliphatic rings. The zero-order chi connectivity index (χ0) is 17.8. The molecular weight excluding hydrogens is 340 g/mol. The van der Waals surface area contributed by atoms with E-state index in [1.807, 2.05) is 23.1 Å². The third kappa shape index (κ3) is 4.01. The van der Waals surface area contributed by atoms with E-state index in [4.69, 9.17) is 16.0 Å². The van der Waals surface area contributed by atoms with Crippen molar-refractivity contribution in [2.24, 2.45) is 0 Å². The highest BCUT2D eigenvalue weighted by Crippen LogP contribution is 2.24. The molecule has 1 aliphatic heterocycles. The number of amides is 1. The number of halogens is 1. The number of nitrogens with zero attached hydrogens (tertiary/aromatic N) is 4. The first-order valence-electron chi connectivity index (χ1n) is 7.92. The van der Waals surface area contributed by atoms with E-state index < -0.39 is 0 Å². The first-order chi connectivity index (χ1) is 12.1. The SMILES string of the molecule is CC(=O)N1CCN(c2oc(/C=C/c3ccc(Cl)cc3)nc2C#N)CC1. The summed E-state index contributed by atoms with van der Waals surface area (Å²) in [6, 6.07) is 9.45. The van der Waals surface area contributed by atoms with Gasteiger partial charge in [-0.25, -0.2) is 0 Å². The molecule has 0 N–H and O–H groups in total. The van der Waals surface area contributed by atoms with Crippen molar-refractivity contribution in [1.29, 1.82) is 5.26 Å². The molecule has 0 aliphatic carbocycles. The number of carbonyl (C=O) groups excluding carboxylic acids is 1. The van der Waals surface area contributed by atoms with Crippen LogP contribution in [-0.4, -0.2) is 42.0 Å². The summed E-state index contributed by atoms with van der Waals surface area (Å²) >= 11 is 5.87. The Bertz CT molecular complexity index is 828. The largest absolute Gasteiger partial charge is 0.420 e. The number of hydrogen-bond donors (Lipinski definition) is 0. The lowest BCUT2D eigenvalue weighted by Gasteiger charge is -2.33. The summed E-state index contributed by atoms with van der Waals surface area (Å²) in [7, 11) is 0. The van der Waals surface area contributed by atoms with Crippen molar-refractivity contribution in [2.45, 2.75) is 6.92 Å². The third-order valence-electron chi connectivity index (χ3n) is 4.03. The molecule has 0 spiro atoms. The Labute approximate surface area is 150 Å². The van der Waals surface area contributed by atoms with Gasteiger partial charge in [-0.05, 0) is 23.8 Å². The van der Waals surface area contributed by atoms with Crippen molar-refractivity contribution in [3.63, 3.8) is 0 Å². The minimum atomic E-state index is 0.0595. The van der Waals surface area contributed by atoms with E-state index in [-0.39, 0.29) is 11.6 Å². The van der Waals surface area contributed by atoms with Gasteiger partial charge in [0.15, 0.2) is 0 Å². The van der Waals surface area contributed by atoms with Gasteiger partial charge in [0.25, 0.3) is 0 Å². The van der Waals surface area contributed by atoms with Gasteiger partial charge in [0.1, 0.15) is 6.07 Å². The van der Waals surface area contributed by atoms with Gasteiger partial charge in [0.2, 0.25) is 23.4 Å². The van der Waals surface area contributed by atoms with E-state index in [1.54, 1.807) is 30.0 Å². The summed E-state index contributed by atoms with van der Waals surface area (Å²) in [5.41, 5.74) is 1.21. The lowest BCUT2D eigenvalue weighted by atomic mass is 10.2. The van der Waals surface area contributed by atoms with Crippen LogP contribution in [-0.2, 0) is 4.79 Å². The van der Waals surface area contributed by atoms with Crippen LogP contribution in [0.25, 0.3) is 12.2 Å². The minimum absolute atomic E-state index is 0.0595. The summed E-state index contributed by atoms with van der Waals surface area (Å²) in [5.74, 6) is 0.890. The number of hydrogen-bond acceptors (Lipinski definition) is 5. The highest BCUT2D eigenvalue weighted by Gasteiger charge is 2.24. The van der Waals surface area contributed by atoms with Crippen LogP contribution in [0.15, 0.2) is 28.7 Å². The van der Waals surface area contributed by atoms with Gasteiger partial charge in [-0.3, -0.25) is 4.79 Å². The van der Waals surface area contributed by atoms with E-state index in [1.165, 1.54) is 0 Å². The molecule has 128 valence electrons. The summed E-state index contributed by atoms with van der Waals surface area (Å²) in [6.07, 6.45) is 3.57. The molecule has 25 heavy (non-hydrogen) atoms. The average molecular weight is 357 g/mol. The summed E-state index contributed by atoms with van der Waals surface area (Å²) in [6.45, 7) is 4.01. The second-order valence-corrected chi connectivity index (χ2v) is 6.13. The summed E-state index contributed by atoms with van der Waals surface area (Å²) in [4.78, 5) is 19.4. The fourth-order valence-electron chi connectivity index (χ4n) is 2.65. The highest BCUT2D eigenvalue weighted by atomic mass is 35.5. The maximum Gasteiger partial charge on any atom is 0.235 e. The van der Waals surface area contributed by atoms with Crippen LogP contribution in [0.3, 0.4) is 0 Å². The van der Waals surface area contributed by atoms with Gasteiger partial charge in [-0.2, -0.15) is 10.2 Å². The number of oxazole rings is 1. The van der Waals surface area contributed by atoms with E-state index >= 15 is 0 Å². The molecular formula is C18H17ClN4O2. The maximum atomic E-state index is 11.4. The molecule has 0 saturated carbocycles. The van der Waals surface area contributed by atoms with Crippen LogP contribution >= 0.6 is 11.6 Å². The van der Waals surface area contributed by atoms with Crippen LogP contribution < -0.4 is 4.90 Å². The van der Waals surface area contributed by atoms with Crippen molar-refractivity contribution in [3.05, 3.63) is 46.4 Å². The molecule has 0 bridgehead atoms. The molecule has 1 aromatic heterocycles. The van der Waals surface area contributed by atoms with E-state index in [9.17, 15) is 10.1 Å². The second kappa shape index (κ2) is 7.41. The van der Waals surface area contributed by atoms with Gasteiger partial charge >= 0.3 is 0 Å². The van der Waals surface area contributed by atoms with Crippen LogP contribution in [0, 0.1) is 11.3 Å². The van der Waals surface area contributed by atoms with E-state index in [0.717, 1.165) is 5.56 Å². The molecule has 3 rings (SSSR count). The molecule has 2 aromatic rings. The molecule has 0 radical (unpaired) electrons. The van der Waals surface area contributed by atoms with Gasteiger partial charge < -0.3 is 14.2 Å². The van der Waals surface area contributed by atoms with Crippen molar-refractivity contribution < 1.29 is 9.21 Å². The second-order valence-electron chi connectivity index (χ2n) is 5.70. The van der Waals surface area contributed by atoms with Crippen LogP contribution in [0.5, 0.6) is 0 Å². The lowest BCUT2D eigenvalue weighted by molar-refractivity contribution is -0.129. The summed E-state index contributed by atoms with van der Waals surface area (Å²) < 4.78 is 5.76. The first kappa shape index (κ1) is 17.1. The molecule has 1 fully saturated rings. The fourth-order valence-corrected chi connectivity index (χ4v) is 2.78. The highest BCUT2D eigenvalue weighted by molar-refractivity contribution is 6.30. The Morgan fingerprint density at radius 3 is 2.52 bits per heavy atom. The zero-order valence-corrected chi connectivity index (χ0v) is 14.5. The average Bonchev–Trinajstić information content (AvgIpc) is 3.04. The number of piperazine rings is 1. The molecule has 1 saturated heterocycles. The molecule has 0 atom stereocenters. The predicted molar refractivity (Wildman–Crippen MR) is 96.1 cm³/mol. The normalized spacial score (nSPS) is 14.8. The minimum Gasteiger partial charge on any atom is -0.420 e. The van der Waals surface area contributed by atoms with Crippen LogP contribution in [0.4, 0.5) is 5.88 Å². The van der Waals surface area contributed by atoms with Crippen LogP contribution in [0.2, 0.25) is 5.02 Å². The Hall–Kier alpha value is -2.78. The standard InChI is InChI=1S/C18H17ClN4O2/c1-13(24)22-8-10-23(11-9-22)18-16(12-20)21-17(25-18)7-4-14-2-5-15(19)6-3-14/h2-7H,8-11H2,1H3/b7-4+. The smallest absolute Gasteiger partial charge is 0.235 e. The van der Waals surface area contributed by atoms with Crippen molar-refractivity contribution in [3.8, 4) is 6.07 Å². The Morgan fingerprint density at radius 2 is 1.92 bits per heavy atom. The lowest BCUT2D eigenvalue weighted by Crippen LogP contribution is -2.48. The molecule has 1 aromatic carbocycles. The number of rotatable bonds is 3.